The molecule has 0 aromatic heterocycles. The maximum atomic E-state index is 6.54. The van der Waals surface area contributed by atoms with E-state index in [1.165, 1.54) is 16.7 Å². The Labute approximate surface area is 187 Å². The maximum Gasteiger partial charge on any atom is 0.250 e. The highest BCUT2D eigenvalue weighted by Crippen LogP contribution is 2.47. The second kappa shape index (κ2) is 8.08. The van der Waals surface area contributed by atoms with E-state index in [1.807, 2.05) is 12.1 Å². The molecule has 1 aliphatic rings. The van der Waals surface area contributed by atoms with Crippen LogP contribution in [0.15, 0.2) is 72.8 Å². The van der Waals surface area contributed by atoms with Gasteiger partial charge in [0, 0.05) is 29.2 Å². The van der Waals surface area contributed by atoms with E-state index in [-0.39, 0.29) is 16.9 Å². The lowest BCUT2D eigenvalue weighted by atomic mass is 9.76. The highest BCUT2D eigenvalue weighted by molar-refractivity contribution is 6.74. The van der Waals surface area contributed by atoms with E-state index in [0.717, 1.165) is 17.2 Å². The minimum absolute atomic E-state index is 0.147. The Bertz CT molecular complexity index is 1040. The van der Waals surface area contributed by atoms with Crippen molar-refractivity contribution in [2.75, 3.05) is 12.3 Å². The molecule has 0 saturated carbocycles. The summed E-state index contributed by atoms with van der Waals surface area (Å²) in [4.78, 5) is 0. The number of rotatable bonds is 4. The van der Waals surface area contributed by atoms with Crippen LogP contribution >= 0.6 is 0 Å². The number of benzene rings is 3. The Morgan fingerprint density at radius 1 is 0.903 bits per heavy atom. The lowest BCUT2D eigenvalue weighted by molar-refractivity contribution is 0.248. The van der Waals surface area contributed by atoms with Gasteiger partial charge in [-0.3, -0.25) is 0 Å². The fourth-order valence-electron chi connectivity index (χ4n) is 4.00. The Balaban J connectivity index is 1.74. The number of anilines is 1. The number of hydrogen-bond acceptors (Lipinski definition) is 3. The third kappa shape index (κ3) is 4.35. The molecule has 1 heterocycles. The summed E-state index contributed by atoms with van der Waals surface area (Å²) in [6.07, 6.45) is 0. The normalized spacial score (nSPS) is 18.7. The molecular formula is C27H33NO2Si. The van der Waals surface area contributed by atoms with Gasteiger partial charge in [0.15, 0.2) is 0 Å². The Kier molecular flexibility index (Phi) is 5.61. The summed E-state index contributed by atoms with van der Waals surface area (Å²) in [6.45, 7) is 12.0. The van der Waals surface area contributed by atoms with Gasteiger partial charge in [0.1, 0.15) is 11.5 Å². The molecule has 4 rings (SSSR count). The van der Waals surface area contributed by atoms with Crippen molar-refractivity contribution in [1.82, 2.24) is 0 Å². The number of fused-ring (bicyclic) bond motifs is 1. The van der Waals surface area contributed by atoms with Crippen molar-refractivity contribution >= 4 is 14.0 Å². The van der Waals surface area contributed by atoms with Crippen LogP contribution in [0.25, 0.3) is 0 Å². The first-order chi connectivity index (χ1) is 14.7. The number of nitrogen functional groups attached to an aromatic ring is 1. The van der Waals surface area contributed by atoms with E-state index in [1.54, 1.807) is 0 Å². The summed E-state index contributed by atoms with van der Waals surface area (Å²) >= 11 is 0. The van der Waals surface area contributed by atoms with Crippen molar-refractivity contribution in [3.8, 4) is 11.5 Å². The summed E-state index contributed by atoms with van der Waals surface area (Å²) < 4.78 is 12.9. The van der Waals surface area contributed by atoms with Crippen LogP contribution in [0.3, 0.4) is 0 Å². The molecule has 2 N–H and O–H groups in total. The highest BCUT2D eigenvalue weighted by Gasteiger charge is 2.39. The van der Waals surface area contributed by atoms with Crippen LogP contribution in [0.2, 0.25) is 18.1 Å². The molecule has 0 radical (unpaired) electrons. The zero-order valence-electron chi connectivity index (χ0n) is 19.2. The van der Waals surface area contributed by atoms with Crippen molar-refractivity contribution in [2.24, 2.45) is 0 Å². The van der Waals surface area contributed by atoms with Crippen LogP contribution in [0.5, 0.6) is 11.5 Å². The van der Waals surface area contributed by atoms with E-state index in [4.69, 9.17) is 14.9 Å². The Morgan fingerprint density at radius 3 is 2.23 bits per heavy atom. The zero-order chi connectivity index (χ0) is 22.2. The first kappa shape index (κ1) is 21.5. The maximum absolute atomic E-state index is 6.54. The monoisotopic (exact) mass is 431 g/mol. The third-order valence-corrected chi connectivity index (χ3v) is 11.2. The molecule has 0 bridgehead atoms. The van der Waals surface area contributed by atoms with E-state index in [9.17, 15) is 0 Å². The smallest absolute Gasteiger partial charge is 0.250 e. The molecular weight excluding hydrogens is 398 g/mol. The average Bonchev–Trinajstić information content (AvgIpc) is 2.73. The topological polar surface area (TPSA) is 44.5 Å². The van der Waals surface area contributed by atoms with Gasteiger partial charge in [-0.1, -0.05) is 69.3 Å². The molecule has 4 heteroatoms. The molecule has 0 spiro atoms. The predicted octanol–water partition coefficient (Wildman–Crippen LogP) is 6.96. The van der Waals surface area contributed by atoms with E-state index >= 15 is 0 Å². The highest BCUT2D eigenvalue weighted by atomic mass is 28.4. The van der Waals surface area contributed by atoms with Gasteiger partial charge >= 0.3 is 0 Å². The van der Waals surface area contributed by atoms with Crippen LogP contribution in [-0.4, -0.2) is 14.9 Å². The fraction of sp³-hybridized carbons (Fsp3) is 0.333. The van der Waals surface area contributed by atoms with Crippen LogP contribution in [0, 0.1) is 0 Å². The Hall–Kier alpha value is -2.72. The molecule has 3 aromatic rings. The summed E-state index contributed by atoms with van der Waals surface area (Å²) in [6, 6.07) is 25.3. The summed E-state index contributed by atoms with van der Waals surface area (Å²) in [5, 5.41) is 0.147. The van der Waals surface area contributed by atoms with Gasteiger partial charge < -0.3 is 14.9 Å². The molecule has 0 amide bonds. The molecule has 162 valence electrons. The van der Waals surface area contributed by atoms with Gasteiger partial charge in [0.05, 0.1) is 6.61 Å². The standard InChI is InChI=1S/C27H33NO2Si/c1-27(2,3)31(4,5)30-22-15-16-23-25(17-22)29-18-24(19-9-7-6-8-10-19)26(23)20-11-13-21(28)14-12-20/h6-17,24,26H,18,28H2,1-5H3. The molecule has 3 aromatic carbocycles. The van der Waals surface area contributed by atoms with Gasteiger partial charge in [0.2, 0.25) is 8.32 Å². The number of hydrogen-bond donors (Lipinski definition) is 1. The van der Waals surface area contributed by atoms with Crippen LogP contribution in [0.4, 0.5) is 5.69 Å². The number of nitrogens with two attached hydrogens (primary N) is 1. The summed E-state index contributed by atoms with van der Waals surface area (Å²) in [5.41, 5.74) is 10.5. The quantitative estimate of drug-likeness (QED) is 0.359. The molecule has 0 aliphatic carbocycles. The van der Waals surface area contributed by atoms with Gasteiger partial charge in [-0.15, -0.1) is 0 Å². The van der Waals surface area contributed by atoms with Crippen molar-refractivity contribution in [3.05, 3.63) is 89.5 Å². The van der Waals surface area contributed by atoms with Crippen molar-refractivity contribution in [1.29, 1.82) is 0 Å². The summed E-state index contributed by atoms with van der Waals surface area (Å²) in [7, 11) is -1.91. The predicted molar refractivity (Wildman–Crippen MR) is 132 cm³/mol. The first-order valence-corrected chi connectivity index (χ1v) is 13.9. The van der Waals surface area contributed by atoms with Gasteiger partial charge in [-0.05, 0) is 47.5 Å². The number of ether oxygens (including phenoxy) is 1. The lowest BCUT2D eigenvalue weighted by Crippen LogP contribution is -2.43. The molecule has 3 nitrogen and oxygen atoms in total. The summed E-state index contributed by atoms with van der Waals surface area (Å²) in [5.74, 6) is 2.27. The largest absolute Gasteiger partial charge is 0.543 e. The Morgan fingerprint density at radius 2 is 1.58 bits per heavy atom. The average molecular weight is 432 g/mol. The second-order valence-electron chi connectivity index (χ2n) is 10.0. The fourth-order valence-corrected chi connectivity index (χ4v) is 5.03. The van der Waals surface area contributed by atoms with Gasteiger partial charge in [0.25, 0.3) is 0 Å². The van der Waals surface area contributed by atoms with E-state index in [2.05, 4.69) is 94.5 Å². The third-order valence-electron chi connectivity index (χ3n) is 6.84. The molecule has 1 aliphatic heterocycles. The van der Waals surface area contributed by atoms with Gasteiger partial charge in [-0.2, -0.15) is 0 Å². The van der Waals surface area contributed by atoms with Crippen LogP contribution < -0.4 is 14.9 Å². The van der Waals surface area contributed by atoms with Crippen molar-refractivity contribution in [2.45, 2.75) is 50.7 Å². The molecule has 31 heavy (non-hydrogen) atoms. The SMILES string of the molecule is CC(C)(C)[Si](C)(C)Oc1ccc2c(c1)OCC(c1ccccc1)C2c1ccc(N)cc1. The van der Waals surface area contributed by atoms with Crippen molar-refractivity contribution < 1.29 is 9.16 Å². The van der Waals surface area contributed by atoms with Gasteiger partial charge in [-0.25, -0.2) is 0 Å². The second-order valence-corrected chi connectivity index (χ2v) is 14.8. The lowest BCUT2D eigenvalue weighted by Gasteiger charge is -2.38. The molecule has 2 atom stereocenters. The van der Waals surface area contributed by atoms with Crippen molar-refractivity contribution in [3.63, 3.8) is 0 Å². The van der Waals surface area contributed by atoms with E-state index in [0.29, 0.717) is 6.61 Å². The minimum Gasteiger partial charge on any atom is -0.543 e. The van der Waals surface area contributed by atoms with Crippen LogP contribution in [0.1, 0.15) is 49.3 Å². The molecule has 0 saturated heterocycles. The zero-order valence-corrected chi connectivity index (χ0v) is 20.2. The van der Waals surface area contributed by atoms with E-state index < -0.39 is 8.32 Å². The molecule has 2 unspecified atom stereocenters. The molecule has 0 fully saturated rings. The van der Waals surface area contributed by atoms with Crippen LogP contribution in [-0.2, 0) is 0 Å². The first-order valence-electron chi connectivity index (χ1n) is 11.0. The minimum atomic E-state index is -1.91.